The zero-order valence-electron chi connectivity index (χ0n) is 18.3. The molecule has 9 heteroatoms. The SMILES string of the molecule is CC(C)N(C)c1cc(-c2cnn3c2C(=O)N(c2ccc(C(F)(F)F)cc2)C[C@@H]3C)ccn1. The molecule has 0 aliphatic carbocycles. The summed E-state index contributed by atoms with van der Waals surface area (Å²) < 4.78 is 40.5. The number of hydrogen-bond acceptors (Lipinski definition) is 4. The van der Waals surface area contributed by atoms with Crippen molar-refractivity contribution in [2.24, 2.45) is 0 Å². The van der Waals surface area contributed by atoms with Crippen LogP contribution in [-0.4, -0.2) is 40.3 Å². The maximum Gasteiger partial charge on any atom is 0.416 e. The highest BCUT2D eigenvalue weighted by Gasteiger charge is 2.35. The summed E-state index contributed by atoms with van der Waals surface area (Å²) in [7, 11) is 1.95. The van der Waals surface area contributed by atoms with E-state index in [1.54, 1.807) is 17.1 Å². The van der Waals surface area contributed by atoms with Crippen molar-refractivity contribution >= 4 is 17.4 Å². The van der Waals surface area contributed by atoms with Gasteiger partial charge in [0.05, 0.1) is 17.8 Å². The Balaban J connectivity index is 1.72. The quantitative estimate of drug-likeness (QED) is 0.568. The van der Waals surface area contributed by atoms with Gasteiger partial charge in [0.15, 0.2) is 0 Å². The van der Waals surface area contributed by atoms with Gasteiger partial charge in [-0.2, -0.15) is 18.3 Å². The molecule has 6 nitrogen and oxygen atoms in total. The van der Waals surface area contributed by atoms with Gasteiger partial charge in [-0.3, -0.25) is 9.48 Å². The average Bonchev–Trinajstić information content (AvgIpc) is 3.21. The van der Waals surface area contributed by atoms with E-state index in [1.807, 2.05) is 31.0 Å². The Labute approximate surface area is 184 Å². The highest BCUT2D eigenvalue weighted by atomic mass is 19.4. The van der Waals surface area contributed by atoms with Gasteiger partial charge in [-0.05, 0) is 62.7 Å². The minimum Gasteiger partial charge on any atom is -0.357 e. The lowest BCUT2D eigenvalue weighted by Gasteiger charge is -2.32. The van der Waals surface area contributed by atoms with Crippen LogP contribution in [-0.2, 0) is 6.18 Å². The Morgan fingerprint density at radius 3 is 2.47 bits per heavy atom. The van der Waals surface area contributed by atoms with Crippen molar-refractivity contribution in [3.05, 3.63) is 60.0 Å². The van der Waals surface area contributed by atoms with Gasteiger partial charge in [0.1, 0.15) is 11.5 Å². The van der Waals surface area contributed by atoms with Crippen molar-refractivity contribution < 1.29 is 18.0 Å². The highest BCUT2D eigenvalue weighted by molar-refractivity contribution is 6.09. The Morgan fingerprint density at radius 2 is 1.84 bits per heavy atom. The summed E-state index contributed by atoms with van der Waals surface area (Å²) in [6.45, 7) is 6.36. The number of amides is 1. The van der Waals surface area contributed by atoms with E-state index >= 15 is 0 Å². The fraction of sp³-hybridized carbons (Fsp3) is 0.348. The zero-order valence-corrected chi connectivity index (χ0v) is 18.3. The van der Waals surface area contributed by atoms with Gasteiger partial charge in [-0.25, -0.2) is 4.98 Å². The van der Waals surface area contributed by atoms with E-state index in [0.717, 1.165) is 23.5 Å². The molecule has 0 N–H and O–H groups in total. The van der Waals surface area contributed by atoms with Gasteiger partial charge in [-0.1, -0.05) is 0 Å². The topological polar surface area (TPSA) is 54.3 Å². The minimum absolute atomic E-state index is 0.140. The smallest absolute Gasteiger partial charge is 0.357 e. The van der Waals surface area contributed by atoms with E-state index in [-0.39, 0.29) is 18.0 Å². The van der Waals surface area contributed by atoms with Crippen molar-refractivity contribution in [3.8, 4) is 11.1 Å². The molecule has 0 radical (unpaired) electrons. The summed E-state index contributed by atoms with van der Waals surface area (Å²) in [5, 5.41) is 4.44. The molecular formula is C23H24F3N5O. The summed E-state index contributed by atoms with van der Waals surface area (Å²) in [6.07, 6.45) is -1.07. The van der Waals surface area contributed by atoms with E-state index in [0.29, 0.717) is 23.5 Å². The van der Waals surface area contributed by atoms with Crippen LogP contribution in [0.1, 0.15) is 42.9 Å². The molecule has 1 aliphatic heterocycles. The first kappa shape index (κ1) is 21.9. The van der Waals surface area contributed by atoms with E-state index in [9.17, 15) is 18.0 Å². The number of fused-ring (bicyclic) bond motifs is 1. The summed E-state index contributed by atoms with van der Waals surface area (Å²) in [6, 6.07) is 8.50. The number of carbonyl (C=O) groups excluding carboxylic acids is 1. The van der Waals surface area contributed by atoms with E-state index in [4.69, 9.17) is 0 Å². The van der Waals surface area contributed by atoms with Crippen LogP contribution in [0.15, 0.2) is 48.8 Å². The molecule has 0 bridgehead atoms. The Hall–Kier alpha value is -3.36. The summed E-state index contributed by atoms with van der Waals surface area (Å²) in [5.41, 5.74) is 1.55. The molecule has 0 unspecified atom stereocenters. The molecule has 0 saturated carbocycles. The molecule has 0 fully saturated rings. The molecular weight excluding hydrogens is 419 g/mol. The third-order valence-electron chi connectivity index (χ3n) is 5.81. The summed E-state index contributed by atoms with van der Waals surface area (Å²) >= 11 is 0. The lowest BCUT2D eigenvalue weighted by atomic mass is 10.0. The van der Waals surface area contributed by atoms with Crippen LogP contribution < -0.4 is 9.80 Å². The first-order chi connectivity index (χ1) is 15.1. The number of hydrogen-bond donors (Lipinski definition) is 0. The van der Waals surface area contributed by atoms with Crippen molar-refractivity contribution in [2.45, 2.75) is 39.0 Å². The van der Waals surface area contributed by atoms with Gasteiger partial charge in [0.2, 0.25) is 0 Å². The number of alkyl halides is 3. The first-order valence-corrected chi connectivity index (χ1v) is 10.3. The predicted octanol–water partition coefficient (Wildman–Crippen LogP) is 5.03. The van der Waals surface area contributed by atoms with Crippen molar-refractivity contribution in [1.82, 2.24) is 14.8 Å². The fourth-order valence-electron chi connectivity index (χ4n) is 3.77. The molecule has 1 atom stereocenters. The third-order valence-corrected chi connectivity index (χ3v) is 5.81. The second kappa shape index (κ2) is 7.96. The van der Waals surface area contributed by atoms with Crippen LogP contribution in [0.25, 0.3) is 11.1 Å². The van der Waals surface area contributed by atoms with E-state index in [1.165, 1.54) is 17.0 Å². The highest BCUT2D eigenvalue weighted by Crippen LogP contribution is 2.35. The third kappa shape index (κ3) is 3.83. The average molecular weight is 443 g/mol. The molecule has 4 rings (SSSR count). The van der Waals surface area contributed by atoms with Crippen molar-refractivity contribution in [1.29, 1.82) is 0 Å². The maximum atomic E-state index is 13.4. The number of benzene rings is 1. The minimum atomic E-state index is -4.42. The van der Waals surface area contributed by atoms with Crippen LogP contribution in [0.5, 0.6) is 0 Å². The molecule has 3 heterocycles. The fourth-order valence-corrected chi connectivity index (χ4v) is 3.77. The number of rotatable bonds is 4. The monoisotopic (exact) mass is 443 g/mol. The molecule has 0 saturated heterocycles. The summed E-state index contributed by atoms with van der Waals surface area (Å²) in [5.74, 6) is 0.472. The van der Waals surface area contributed by atoms with Crippen molar-refractivity contribution in [2.75, 3.05) is 23.4 Å². The van der Waals surface area contributed by atoms with Crippen LogP contribution >= 0.6 is 0 Å². The molecule has 3 aromatic rings. The number of nitrogens with zero attached hydrogens (tertiary/aromatic N) is 5. The molecule has 0 spiro atoms. The number of anilines is 2. The van der Waals surface area contributed by atoms with Gasteiger partial charge >= 0.3 is 6.18 Å². The van der Waals surface area contributed by atoms with Gasteiger partial charge in [-0.15, -0.1) is 0 Å². The van der Waals surface area contributed by atoms with Gasteiger partial charge in [0, 0.05) is 37.1 Å². The molecule has 32 heavy (non-hydrogen) atoms. The Morgan fingerprint density at radius 1 is 1.16 bits per heavy atom. The van der Waals surface area contributed by atoms with Crippen LogP contribution in [0.3, 0.4) is 0 Å². The van der Waals surface area contributed by atoms with Crippen molar-refractivity contribution in [3.63, 3.8) is 0 Å². The van der Waals surface area contributed by atoms with Gasteiger partial charge in [0.25, 0.3) is 5.91 Å². The lowest BCUT2D eigenvalue weighted by molar-refractivity contribution is -0.137. The van der Waals surface area contributed by atoms with Crippen LogP contribution in [0.4, 0.5) is 24.7 Å². The lowest BCUT2D eigenvalue weighted by Crippen LogP contribution is -2.42. The normalized spacial score (nSPS) is 16.4. The first-order valence-electron chi connectivity index (χ1n) is 10.3. The predicted molar refractivity (Wildman–Crippen MR) is 117 cm³/mol. The largest absolute Gasteiger partial charge is 0.416 e. The molecule has 2 aromatic heterocycles. The van der Waals surface area contributed by atoms with Gasteiger partial charge < -0.3 is 9.80 Å². The molecule has 1 amide bonds. The Bertz CT molecular complexity index is 1140. The number of aromatic nitrogens is 3. The van der Waals surface area contributed by atoms with E-state index in [2.05, 4.69) is 23.9 Å². The zero-order chi connectivity index (χ0) is 23.2. The number of carbonyl (C=O) groups is 1. The molecule has 168 valence electrons. The second-order valence-corrected chi connectivity index (χ2v) is 8.27. The summed E-state index contributed by atoms with van der Waals surface area (Å²) in [4.78, 5) is 21.4. The van der Waals surface area contributed by atoms with Crippen LogP contribution in [0, 0.1) is 0 Å². The Kier molecular flexibility index (Phi) is 5.44. The number of halogens is 3. The van der Waals surface area contributed by atoms with Crippen LogP contribution in [0.2, 0.25) is 0 Å². The second-order valence-electron chi connectivity index (χ2n) is 8.27. The maximum absolute atomic E-state index is 13.4. The number of pyridine rings is 1. The molecule has 1 aromatic carbocycles. The standard InChI is InChI=1S/C23H24F3N5O/c1-14(2)29(4)20-11-16(9-10-27-20)19-12-28-31-15(3)13-30(22(32)21(19)31)18-7-5-17(6-8-18)23(24,25)26/h5-12,14-15H,13H2,1-4H3/t15-/m0/s1. The van der Waals surface area contributed by atoms with E-state index < -0.39 is 11.7 Å². The molecule has 1 aliphatic rings.